The first-order chi connectivity index (χ1) is 26.7. The van der Waals surface area contributed by atoms with Gasteiger partial charge in [-0.25, -0.2) is 4.57 Å². The lowest BCUT2D eigenvalue weighted by molar-refractivity contribution is -0.161. The van der Waals surface area contributed by atoms with Gasteiger partial charge in [-0.3, -0.25) is 18.6 Å². The van der Waals surface area contributed by atoms with Crippen molar-refractivity contribution in [1.82, 2.24) is 0 Å². The quantitative estimate of drug-likeness (QED) is 0.0308. The lowest BCUT2D eigenvalue weighted by Crippen LogP contribution is -2.29. The summed E-state index contributed by atoms with van der Waals surface area (Å²) in [6.45, 7) is 2.40. The molecule has 328 valence electrons. The van der Waals surface area contributed by atoms with Crippen LogP contribution in [0.4, 0.5) is 0 Å². The van der Waals surface area contributed by atoms with Gasteiger partial charge in [0, 0.05) is 12.8 Å². The molecule has 0 aliphatic rings. The van der Waals surface area contributed by atoms with Crippen molar-refractivity contribution in [2.24, 2.45) is 0 Å². The highest BCUT2D eigenvalue weighted by Crippen LogP contribution is 2.43. The smallest absolute Gasteiger partial charge is 0.462 e. The number of ether oxygens (including phenoxy) is 2. The van der Waals surface area contributed by atoms with Crippen LogP contribution >= 0.6 is 7.82 Å². The minimum absolute atomic E-state index is 0.191. The van der Waals surface area contributed by atoms with Crippen LogP contribution in [0, 0.1) is 0 Å². The summed E-state index contributed by atoms with van der Waals surface area (Å²) in [5.41, 5.74) is 0. The van der Waals surface area contributed by atoms with E-state index in [9.17, 15) is 24.2 Å². The summed E-state index contributed by atoms with van der Waals surface area (Å²) in [6.07, 6.45) is 38.0. The fourth-order valence-corrected chi connectivity index (χ4v) is 7.49. The van der Waals surface area contributed by atoms with Gasteiger partial charge in [0.1, 0.15) is 12.7 Å². The molecule has 0 aromatic carbocycles. The van der Waals surface area contributed by atoms with Crippen LogP contribution in [0.1, 0.15) is 232 Å². The van der Waals surface area contributed by atoms with Crippen molar-refractivity contribution < 1.29 is 47.8 Å². The monoisotopic (exact) mass is 807 g/mol. The Morgan fingerprint density at radius 1 is 0.473 bits per heavy atom. The van der Waals surface area contributed by atoms with Crippen molar-refractivity contribution in [1.29, 1.82) is 0 Å². The number of carbonyl (C=O) groups is 2. The maximum Gasteiger partial charge on any atom is 0.472 e. The molecule has 0 heterocycles. The zero-order valence-corrected chi connectivity index (χ0v) is 36.6. The molecule has 0 bridgehead atoms. The van der Waals surface area contributed by atoms with E-state index in [1.165, 1.54) is 161 Å². The number of esters is 2. The van der Waals surface area contributed by atoms with Crippen molar-refractivity contribution >= 4 is 19.8 Å². The van der Waals surface area contributed by atoms with Crippen molar-refractivity contribution in [2.45, 2.75) is 244 Å². The summed E-state index contributed by atoms with van der Waals surface area (Å²) in [4.78, 5) is 34.9. The van der Waals surface area contributed by atoms with Crippen molar-refractivity contribution in [3.63, 3.8) is 0 Å². The Morgan fingerprint density at radius 2 is 0.782 bits per heavy atom. The van der Waals surface area contributed by atoms with Crippen LogP contribution in [0.2, 0.25) is 0 Å². The van der Waals surface area contributed by atoms with Crippen molar-refractivity contribution in [2.75, 3.05) is 26.4 Å². The van der Waals surface area contributed by atoms with Crippen molar-refractivity contribution in [3.05, 3.63) is 0 Å². The summed E-state index contributed by atoms with van der Waals surface area (Å²) in [7, 11) is -4.61. The molecule has 0 aliphatic heterocycles. The van der Waals surface area contributed by atoms with Gasteiger partial charge < -0.3 is 24.6 Å². The lowest BCUT2D eigenvalue weighted by Gasteiger charge is -2.20. The van der Waals surface area contributed by atoms with Gasteiger partial charge in [0.2, 0.25) is 0 Å². The van der Waals surface area contributed by atoms with E-state index >= 15 is 0 Å². The molecule has 0 fully saturated rings. The van der Waals surface area contributed by atoms with Crippen LogP contribution in [-0.4, -0.2) is 65.7 Å². The van der Waals surface area contributed by atoms with E-state index in [0.29, 0.717) is 12.8 Å². The predicted molar refractivity (Wildman–Crippen MR) is 224 cm³/mol. The Bertz CT molecular complexity index is 889. The predicted octanol–water partition coefficient (Wildman–Crippen LogP) is 12.2. The third kappa shape index (κ3) is 40.9. The molecule has 0 rings (SSSR count). The van der Waals surface area contributed by atoms with Crippen LogP contribution in [0.3, 0.4) is 0 Å². The number of phosphoric acid groups is 1. The number of rotatable bonds is 44. The van der Waals surface area contributed by atoms with Gasteiger partial charge in [0.05, 0.1) is 19.8 Å². The second-order valence-corrected chi connectivity index (χ2v) is 17.3. The first-order valence-electron chi connectivity index (χ1n) is 23.0. The molecule has 1 unspecified atom stereocenters. The van der Waals surface area contributed by atoms with Crippen molar-refractivity contribution in [3.8, 4) is 0 Å². The molecule has 55 heavy (non-hydrogen) atoms. The van der Waals surface area contributed by atoms with E-state index < -0.39 is 51.8 Å². The summed E-state index contributed by atoms with van der Waals surface area (Å²) in [5, 5.41) is 18.3. The normalized spacial score (nSPS) is 13.8. The second-order valence-electron chi connectivity index (χ2n) is 15.8. The zero-order valence-electron chi connectivity index (χ0n) is 35.7. The molecule has 0 radical (unpaired) electrons. The molecule has 3 N–H and O–H groups in total. The molecule has 0 saturated carbocycles. The molecule has 0 aromatic rings. The molecule has 0 saturated heterocycles. The fraction of sp³-hybridized carbons (Fsp3) is 0.955. The number of phosphoric ester groups is 1. The average molecular weight is 807 g/mol. The highest BCUT2D eigenvalue weighted by atomic mass is 31.2. The van der Waals surface area contributed by atoms with E-state index in [1.807, 2.05) is 0 Å². The Morgan fingerprint density at radius 3 is 1.13 bits per heavy atom. The van der Waals surface area contributed by atoms with E-state index in [-0.39, 0.29) is 19.4 Å². The molecule has 11 heteroatoms. The Balaban J connectivity index is 4.07. The van der Waals surface area contributed by atoms with Gasteiger partial charge in [-0.15, -0.1) is 0 Å². The Hall–Kier alpha value is -1.03. The summed E-state index contributed by atoms with van der Waals surface area (Å²) < 4.78 is 32.7. The van der Waals surface area contributed by atoms with Gasteiger partial charge in [-0.2, -0.15) is 0 Å². The van der Waals surface area contributed by atoms with Gasteiger partial charge in [-0.1, -0.05) is 206 Å². The Kier molecular flexibility index (Phi) is 40.4. The number of aliphatic hydroxyl groups is 2. The number of carbonyl (C=O) groups excluding carboxylic acids is 2. The fourth-order valence-electron chi connectivity index (χ4n) is 6.70. The molecular formula is C44H87O10P. The van der Waals surface area contributed by atoms with Gasteiger partial charge in [-0.05, 0) is 12.8 Å². The third-order valence-electron chi connectivity index (χ3n) is 10.3. The first kappa shape index (κ1) is 54.0. The molecule has 0 amide bonds. The molecule has 10 nitrogen and oxygen atoms in total. The highest BCUT2D eigenvalue weighted by molar-refractivity contribution is 7.47. The van der Waals surface area contributed by atoms with Crippen LogP contribution in [0.5, 0.6) is 0 Å². The summed E-state index contributed by atoms with van der Waals surface area (Å²) in [6, 6.07) is 0. The minimum atomic E-state index is -4.61. The van der Waals surface area contributed by atoms with E-state index in [1.54, 1.807) is 0 Å². The number of aliphatic hydroxyl groups excluding tert-OH is 2. The Labute approximate surface area is 337 Å². The van der Waals surface area contributed by atoms with E-state index in [0.717, 1.165) is 32.1 Å². The van der Waals surface area contributed by atoms with Gasteiger partial charge >= 0.3 is 19.8 Å². The molecule has 0 aliphatic carbocycles. The van der Waals surface area contributed by atoms with E-state index in [2.05, 4.69) is 18.4 Å². The largest absolute Gasteiger partial charge is 0.472 e. The molecule has 0 spiro atoms. The maximum absolute atomic E-state index is 12.5. The SMILES string of the molecule is CCCCCCCCCCCCCCCCCCCCCCCCC(=O)OC[C@H](COP(=O)(O)OC[C@H](O)CO)OC(=O)CCCCCCCCCCCC. The average Bonchev–Trinajstić information content (AvgIpc) is 3.17. The standard InChI is InChI=1S/C44H87O10P/c1-3-5-7-9-11-13-15-16-17-18-19-20-21-22-23-24-25-26-28-29-31-33-35-43(47)51-39-42(40-53-55(49,50)52-38-41(46)37-45)54-44(48)36-34-32-30-27-14-12-10-8-6-4-2/h41-42,45-46H,3-40H2,1-2H3,(H,49,50)/t41-,42-/m1/s1. The third-order valence-corrected chi connectivity index (χ3v) is 11.2. The van der Waals surface area contributed by atoms with Gasteiger partial charge in [0.25, 0.3) is 0 Å². The topological polar surface area (TPSA) is 149 Å². The first-order valence-corrected chi connectivity index (χ1v) is 24.5. The summed E-state index contributed by atoms with van der Waals surface area (Å²) in [5.74, 6) is -0.911. The molecule has 3 atom stereocenters. The van der Waals surface area contributed by atoms with Gasteiger partial charge in [0.15, 0.2) is 6.10 Å². The van der Waals surface area contributed by atoms with Crippen LogP contribution in [-0.2, 0) is 32.7 Å². The molecule has 0 aromatic heterocycles. The van der Waals surface area contributed by atoms with Crippen LogP contribution < -0.4 is 0 Å². The maximum atomic E-state index is 12.5. The zero-order chi connectivity index (χ0) is 40.5. The second kappa shape index (κ2) is 41.1. The van der Waals surface area contributed by atoms with Crippen LogP contribution in [0.15, 0.2) is 0 Å². The number of hydrogen-bond donors (Lipinski definition) is 3. The van der Waals surface area contributed by atoms with Crippen LogP contribution in [0.25, 0.3) is 0 Å². The number of unbranched alkanes of at least 4 members (excludes halogenated alkanes) is 30. The molecular weight excluding hydrogens is 719 g/mol. The number of hydrogen-bond acceptors (Lipinski definition) is 9. The lowest BCUT2D eigenvalue weighted by atomic mass is 10.0. The minimum Gasteiger partial charge on any atom is -0.462 e. The van der Waals surface area contributed by atoms with E-state index in [4.69, 9.17) is 19.1 Å². The highest BCUT2D eigenvalue weighted by Gasteiger charge is 2.27. The summed E-state index contributed by atoms with van der Waals surface area (Å²) >= 11 is 0.